The van der Waals surface area contributed by atoms with Crippen LogP contribution < -0.4 is 0 Å². The standard InChI is InChI=1S/C18H13Cl2N5OS/c1-25-16(11-2-6-13(19)7-3-11)22-23-18(25)27-10-15-21-17(26-24-15)12-4-8-14(20)9-5-12/h2-9H,10H2,1H3. The Balaban J connectivity index is 1.46. The summed E-state index contributed by atoms with van der Waals surface area (Å²) in [6, 6.07) is 14.7. The minimum atomic E-state index is 0.460. The Hall–Kier alpha value is -2.35. The smallest absolute Gasteiger partial charge is 0.257 e. The molecule has 4 rings (SSSR count). The molecule has 4 aromatic rings. The van der Waals surface area contributed by atoms with Crippen LogP contribution in [0.15, 0.2) is 58.2 Å². The third kappa shape index (κ3) is 4.00. The van der Waals surface area contributed by atoms with Crippen molar-refractivity contribution < 1.29 is 4.52 Å². The molecule has 0 saturated heterocycles. The Bertz CT molecular complexity index is 1060. The Morgan fingerprint density at radius 1 is 0.926 bits per heavy atom. The van der Waals surface area contributed by atoms with Gasteiger partial charge in [0.15, 0.2) is 16.8 Å². The maximum atomic E-state index is 5.94. The van der Waals surface area contributed by atoms with Crippen LogP contribution in [0.1, 0.15) is 5.82 Å². The molecule has 2 aromatic carbocycles. The van der Waals surface area contributed by atoms with E-state index in [1.54, 1.807) is 12.1 Å². The number of halogens is 2. The number of hydrogen-bond acceptors (Lipinski definition) is 6. The molecule has 136 valence electrons. The summed E-state index contributed by atoms with van der Waals surface area (Å²) < 4.78 is 7.25. The van der Waals surface area contributed by atoms with Crippen molar-refractivity contribution in [1.29, 1.82) is 0 Å². The van der Waals surface area contributed by atoms with Gasteiger partial charge in [0.05, 0.1) is 5.75 Å². The molecule has 0 amide bonds. The van der Waals surface area contributed by atoms with Crippen LogP contribution in [0.5, 0.6) is 0 Å². The van der Waals surface area contributed by atoms with Crippen LogP contribution in [0.25, 0.3) is 22.8 Å². The fraction of sp³-hybridized carbons (Fsp3) is 0.111. The average molecular weight is 418 g/mol. The molecule has 2 aromatic heterocycles. The molecular formula is C18H13Cl2N5OS. The van der Waals surface area contributed by atoms with Crippen LogP contribution in [-0.4, -0.2) is 24.9 Å². The third-order valence-corrected chi connectivity index (χ3v) is 5.35. The van der Waals surface area contributed by atoms with E-state index < -0.39 is 0 Å². The second-order valence-corrected chi connectivity index (χ2v) is 7.50. The van der Waals surface area contributed by atoms with Crippen molar-refractivity contribution in [3.8, 4) is 22.8 Å². The fourth-order valence-corrected chi connectivity index (χ4v) is 3.45. The van der Waals surface area contributed by atoms with Gasteiger partial charge in [-0.3, -0.25) is 0 Å². The highest BCUT2D eigenvalue weighted by Crippen LogP contribution is 2.26. The molecule has 0 radical (unpaired) electrons. The first-order valence-corrected chi connectivity index (χ1v) is 9.71. The normalized spacial score (nSPS) is 11.1. The molecule has 0 aliphatic rings. The first-order valence-electron chi connectivity index (χ1n) is 7.97. The first kappa shape index (κ1) is 18.0. The Morgan fingerprint density at radius 2 is 1.56 bits per heavy atom. The van der Waals surface area contributed by atoms with Crippen molar-refractivity contribution in [1.82, 2.24) is 24.9 Å². The quantitative estimate of drug-likeness (QED) is 0.419. The molecule has 2 heterocycles. The van der Waals surface area contributed by atoms with Crippen molar-refractivity contribution in [2.24, 2.45) is 7.05 Å². The monoisotopic (exact) mass is 417 g/mol. The minimum Gasteiger partial charge on any atom is -0.334 e. The summed E-state index contributed by atoms with van der Waals surface area (Å²) in [6.07, 6.45) is 0. The van der Waals surface area contributed by atoms with Crippen LogP contribution in [0.4, 0.5) is 0 Å². The van der Waals surface area contributed by atoms with Gasteiger partial charge in [-0.05, 0) is 48.5 Å². The van der Waals surface area contributed by atoms with E-state index in [1.807, 2.05) is 48.0 Å². The molecule has 0 N–H and O–H groups in total. The number of nitrogens with zero attached hydrogens (tertiary/aromatic N) is 5. The second kappa shape index (κ2) is 7.72. The zero-order chi connectivity index (χ0) is 18.8. The summed E-state index contributed by atoms with van der Waals surface area (Å²) >= 11 is 13.3. The van der Waals surface area contributed by atoms with E-state index in [0.29, 0.717) is 27.5 Å². The van der Waals surface area contributed by atoms with E-state index in [-0.39, 0.29) is 0 Å². The molecule has 0 unspecified atom stereocenters. The summed E-state index contributed by atoms with van der Waals surface area (Å²) in [5.74, 6) is 2.33. The highest BCUT2D eigenvalue weighted by atomic mass is 35.5. The van der Waals surface area contributed by atoms with Crippen molar-refractivity contribution in [2.75, 3.05) is 0 Å². The summed E-state index contributed by atoms with van der Waals surface area (Å²) in [5, 5.41) is 14.6. The predicted molar refractivity (Wildman–Crippen MR) is 106 cm³/mol. The van der Waals surface area contributed by atoms with Crippen LogP contribution in [0.3, 0.4) is 0 Å². The van der Waals surface area contributed by atoms with Crippen LogP contribution in [0.2, 0.25) is 10.0 Å². The van der Waals surface area contributed by atoms with Gasteiger partial charge in [-0.15, -0.1) is 10.2 Å². The number of rotatable bonds is 5. The molecular weight excluding hydrogens is 405 g/mol. The number of thioether (sulfide) groups is 1. The van der Waals surface area contributed by atoms with E-state index in [1.165, 1.54) is 11.8 Å². The highest BCUT2D eigenvalue weighted by molar-refractivity contribution is 7.98. The molecule has 0 bridgehead atoms. The summed E-state index contributed by atoms with van der Waals surface area (Å²) in [7, 11) is 1.92. The van der Waals surface area contributed by atoms with Gasteiger partial charge in [0.2, 0.25) is 0 Å². The van der Waals surface area contributed by atoms with Gasteiger partial charge in [-0.1, -0.05) is 40.1 Å². The van der Waals surface area contributed by atoms with Crippen molar-refractivity contribution in [2.45, 2.75) is 10.9 Å². The number of aromatic nitrogens is 5. The Morgan fingerprint density at radius 3 is 2.22 bits per heavy atom. The zero-order valence-electron chi connectivity index (χ0n) is 14.1. The molecule has 0 fully saturated rings. The Kier molecular flexibility index (Phi) is 5.15. The average Bonchev–Trinajstić information content (AvgIpc) is 3.28. The minimum absolute atomic E-state index is 0.460. The topological polar surface area (TPSA) is 69.6 Å². The van der Waals surface area contributed by atoms with Gasteiger partial charge < -0.3 is 9.09 Å². The zero-order valence-corrected chi connectivity index (χ0v) is 16.5. The summed E-state index contributed by atoms with van der Waals surface area (Å²) in [4.78, 5) is 4.42. The third-order valence-electron chi connectivity index (χ3n) is 3.83. The van der Waals surface area contributed by atoms with Crippen molar-refractivity contribution >= 4 is 35.0 Å². The molecule has 27 heavy (non-hydrogen) atoms. The molecule has 0 aliphatic heterocycles. The van der Waals surface area contributed by atoms with Gasteiger partial charge in [0.25, 0.3) is 5.89 Å². The number of hydrogen-bond donors (Lipinski definition) is 0. The van der Waals surface area contributed by atoms with Gasteiger partial charge in [-0.25, -0.2) is 0 Å². The van der Waals surface area contributed by atoms with E-state index in [4.69, 9.17) is 27.7 Å². The largest absolute Gasteiger partial charge is 0.334 e. The SMILES string of the molecule is Cn1c(SCc2noc(-c3ccc(Cl)cc3)n2)nnc1-c1ccc(Cl)cc1. The lowest BCUT2D eigenvalue weighted by Gasteiger charge is -2.03. The van der Waals surface area contributed by atoms with Crippen LogP contribution >= 0.6 is 35.0 Å². The lowest BCUT2D eigenvalue weighted by Crippen LogP contribution is -1.95. The molecule has 0 aliphatic carbocycles. The lowest BCUT2D eigenvalue weighted by atomic mass is 10.2. The van der Waals surface area contributed by atoms with Gasteiger partial charge in [0.1, 0.15) is 0 Å². The fourth-order valence-electron chi connectivity index (χ4n) is 2.44. The maximum absolute atomic E-state index is 5.94. The Labute approximate surface area is 169 Å². The van der Waals surface area contributed by atoms with Gasteiger partial charge >= 0.3 is 0 Å². The molecule has 0 atom stereocenters. The van der Waals surface area contributed by atoms with E-state index in [9.17, 15) is 0 Å². The molecule has 9 heteroatoms. The highest BCUT2D eigenvalue weighted by Gasteiger charge is 2.14. The van der Waals surface area contributed by atoms with Gasteiger partial charge in [-0.2, -0.15) is 4.98 Å². The maximum Gasteiger partial charge on any atom is 0.257 e. The lowest BCUT2D eigenvalue weighted by molar-refractivity contribution is 0.425. The molecule has 0 saturated carbocycles. The van der Waals surface area contributed by atoms with E-state index in [2.05, 4.69) is 20.3 Å². The summed E-state index contributed by atoms with van der Waals surface area (Å²) in [5.41, 5.74) is 1.78. The molecule has 6 nitrogen and oxygen atoms in total. The van der Waals surface area contributed by atoms with Crippen molar-refractivity contribution in [3.63, 3.8) is 0 Å². The molecule has 0 spiro atoms. The first-order chi connectivity index (χ1) is 13.1. The second-order valence-electron chi connectivity index (χ2n) is 5.68. The number of benzene rings is 2. The summed E-state index contributed by atoms with van der Waals surface area (Å²) in [6.45, 7) is 0. The van der Waals surface area contributed by atoms with Crippen molar-refractivity contribution in [3.05, 3.63) is 64.4 Å². The van der Waals surface area contributed by atoms with E-state index >= 15 is 0 Å². The van der Waals surface area contributed by atoms with E-state index in [0.717, 1.165) is 22.1 Å². The predicted octanol–water partition coefficient (Wildman–Crippen LogP) is 5.13. The van der Waals surface area contributed by atoms with Crippen LogP contribution in [-0.2, 0) is 12.8 Å². The van der Waals surface area contributed by atoms with Gasteiger partial charge in [0, 0.05) is 28.2 Å². The van der Waals surface area contributed by atoms with Crippen LogP contribution in [0, 0.1) is 0 Å².